The van der Waals surface area contributed by atoms with Crippen molar-refractivity contribution in [3.63, 3.8) is 0 Å². The number of rotatable bonds is 6. The maximum absolute atomic E-state index is 12.5. The smallest absolute Gasteiger partial charge is 0.278 e. The summed E-state index contributed by atoms with van der Waals surface area (Å²) in [5.74, 6) is 0.112. The van der Waals surface area contributed by atoms with Crippen LogP contribution >= 0.6 is 0 Å². The normalized spacial score (nSPS) is 17.8. The highest BCUT2D eigenvalue weighted by Gasteiger charge is 2.28. The van der Waals surface area contributed by atoms with E-state index in [1.165, 1.54) is 16.0 Å². The number of amides is 2. The van der Waals surface area contributed by atoms with Gasteiger partial charge in [0.15, 0.2) is 12.6 Å². The lowest BCUT2D eigenvalue weighted by Crippen LogP contribution is -3.16. The third kappa shape index (κ3) is 5.54. The number of likely N-dealkylation sites (N-methyl/N-ethyl adjacent to an activating group) is 2. The fourth-order valence-corrected chi connectivity index (χ4v) is 3.30. The molecule has 0 aliphatic carbocycles. The van der Waals surface area contributed by atoms with Crippen LogP contribution in [0.2, 0.25) is 0 Å². The predicted molar refractivity (Wildman–Crippen MR) is 97.4 cm³/mol. The molecular formula is C19H32N4O2+2. The Kier molecular flexibility index (Phi) is 6.96. The van der Waals surface area contributed by atoms with Crippen molar-refractivity contribution < 1.29 is 19.4 Å². The van der Waals surface area contributed by atoms with E-state index >= 15 is 0 Å². The van der Waals surface area contributed by atoms with Gasteiger partial charge in [-0.1, -0.05) is 29.8 Å². The van der Waals surface area contributed by atoms with Crippen molar-refractivity contribution in [3.05, 3.63) is 35.4 Å². The number of hydrogen-bond acceptors (Lipinski definition) is 2. The lowest BCUT2D eigenvalue weighted by molar-refractivity contribution is -0.918. The molecule has 3 N–H and O–H groups in total. The van der Waals surface area contributed by atoms with Crippen molar-refractivity contribution in [3.8, 4) is 0 Å². The van der Waals surface area contributed by atoms with Crippen LogP contribution in [0.15, 0.2) is 24.3 Å². The minimum absolute atomic E-state index is 0.0299. The number of nitrogens with zero attached hydrogens (tertiary/aromatic N) is 1. The number of quaternary nitrogens is 2. The summed E-state index contributed by atoms with van der Waals surface area (Å²) in [6.45, 7) is 8.89. The standard InChI is InChI=1S/C19H30N4O2/c1-15-6-5-7-17(12-15)13-22-8-10-23(11-9-22)18(24)14-21(4)16(2)19(25)20-3/h5-7,12,16H,8-11,13-14H2,1-4H3,(H,20,25)/p+2/t16-/m0/s1. The molecule has 2 rings (SSSR count). The van der Waals surface area contributed by atoms with Crippen LogP contribution in [0.25, 0.3) is 0 Å². The Morgan fingerprint density at radius 2 is 2.00 bits per heavy atom. The van der Waals surface area contributed by atoms with Gasteiger partial charge in [0.2, 0.25) is 0 Å². The van der Waals surface area contributed by atoms with Crippen LogP contribution in [0.5, 0.6) is 0 Å². The van der Waals surface area contributed by atoms with E-state index in [-0.39, 0.29) is 17.9 Å². The van der Waals surface area contributed by atoms with Crippen molar-refractivity contribution >= 4 is 11.8 Å². The summed E-state index contributed by atoms with van der Waals surface area (Å²) in [5.41, 5.74) is 2.65. The molecule has 0 saturated carbocycles. The van der Waals surface area contributed by atoms with Gasteiger partial charge in [0.1, 0.15) is 6.54 Å². The number of carbonyl (C=O) groups is 2. The monoisotopic (exact) mass is 348 g/mol. The van der Waals surface area contributed by atoms with Gasteiger partial charge in [-0.2, -0.15) is 0 Å². The van der Waals surface area contributed by atoms with E-state index in [0.29, 0.717) is 6.54 Å². The molecule has 0 aromatic heterocycles. The maximum Gasteiger partial charge on any atom is 0.278 e. The lowest BCUT2D eigenvalue weighted by Gasteiger charge is -2.33. The fourth-order valence-electron chi connectivity index (χ4n) is 3.30. The van der Waals surface area contributed by atoms with Crippen molar-refractivity contribution in [1.82, 2.24) is 10.2 Å². The van der Waals surface area contributed by atoms with Crippen molar-refractivity contribution in [2.24, 2.45) is 0 Å². The number of carbonyl (C=O) groups excluding carboxylic acids is 2. The van der Waals surface area contributed by atoms with E-state index in [1.54, 1.807) is 7.05 Å². The van der Waals surface area contributed by atoms with Crippen LogP contribution < -0.4 is 15.1 Å². The Hall–Kier alpha value is -1.92. The quantitative estimate of drug-likeness (QED) is 0.550. The molecule has 0 radical (unpaired) electrons. The molecule has 1 aliphatic rings. The first-order chi connectivity index (χ1) is 11.9. The van der Waals surface area contributed by atoms with Crippen LogP contribution in [-0.2, 0) is 16.1 Å². The summed E-state index contributed by atoms with van der Waals surface area (Å²) in [6.07, 6.45) is 0. The summed E-state index contributed by atoms with van der Waals surface area (Å²) in [6, 6.07) is 8.42. The van der Waals surface area contributed by atoms with Crippen molar-refractivity contribution in [1.29, 1.82) is 0 Å². The SMILES string of the molecule is CNC(=O)[C@H](C)[NH+](C)CC(=O)N1CC[NH+](Cc2cccc(C)c2)CC1. The van der Waals surface area contributed by atoms with E-state index in [9.17, 15) is 9.59 Å². The molecule has 1 aliphatic heterocycles. The van der Waals surface area contributed by atoms with Gasteiger partial charge >= 0.3 is 0 Å². The maximum atomic E-state index is 12.5. The molecule has 1 fully saturated rings. The van der Waals surface area contributed by atoms with Gasteiger partial charge in [0.05, 0.1) is 33.2 Å². The molecule has 1 aromatic rings. The Bertz CT molecular complexity index is 597. The highest BCUT2D eigenvalue weighted by Crippen LogP contribution is 2.02. The lowest BCUT2D eigenvalue weighted by atomic mass is 10.1. The summed E-state index contributed by atoms with van der Waals surface area (Å²) in [4.78, 5) is 28.6. The Balaban J connectivity index is 1.79. The van der Waals surface area contributed by atoms with Crippen molar-refractivity contribution in [2.75, 3.05) is 46.8 Å². The van der Waals surface area contributed by atoms with Crippen LogP contribution in [0.1, 0.15) is 18.1 Å². The second kappa shape index (κ2) is 8.97. The summed E-state index contributed by atoms with van der Waals surface area (Å²) >= 11 is 0. The van der Waals surface area contributed by atoms with Gasteiger partial charge in [0, 0.05) is 12.6 Å². The van der Waals surface area contributed by atoms with E-state index in [2.05, 4.69) is 36.5 Å². The van der Waals surface area contributed by atoms with Gasteiger partial charge in [-0.25, -0.2) is 0 Å². The average Bonchev–Trinajstić information content (AvgIpc) is 2.60. The molecule has 2 amide bonds. The first kappa shape index (κ1) is 19.4. The van der Waals surface area contributed by atoms with E-state index in [4.69, 9.17) is 0 Å². The molecule has 138 valence electrons. The average molecular weight is 348 g/mol. The summed E-state index contributed by atoms with van der Waals surface area (Å²) in [5, 5.41) is 2.64. The van der Waals surface area contributed by atoms with Gasteiger partial charge in [0.25, 0.3) is 11.8 Å². The van der Waals surface area contributed by atoms with E-state index < -0.39 is 0 Å². The number of benzene rings is 1. The molecule has 6 nitrogen and oxygen atoms in total. The third-order valence-corrected chi connectivity index (χ3v) is 5.17. The summed E-state index contributed by atoms with van der Waals surface area (Å²) in [7, 11) is 3.53. The molecule has 1 heterocycles. The molecule has 1 aromatic carbocycles. The molecule has 25 heavy (non-hydrogen) atoms. The molecule has 0 bridgehead atoms. The Morgan fingerprint density at radius 1 is 1.32 bits per heavy atom. The molecule has 1 unspecified atom stereocenters. The minimum atomic E-state index is -0.220. The summed E-state index contributed by atoms with van der Waals surface area (Å²) < 4.78 is 0. The van der Waals surface area contributed by atoms with E-state index in [0.717, 1.165) is 37.6 Å². The highest BCUT2D eigenvalue weighted by molar-refractivity contribution is 5.80. The largest absolute Gasteiger partial charge is 0.354 e. The van der Waals surface area contributed by atoms with Crippen molar-refractivity contribution in [2.45, 2.75) is 26.4 Å². The number of piperazine rings is 1. The zero-order valence-electron chi connectivity index (χ0n) is 15.9. The van der Waals surface area contributed by atoms with Crippen LogP contribution in [0.3, 0.4) is 0 Å². The molecule has 0 spiro atoms. The van der Waals surface area contributed by atoms with E-state index in [1.807, 2.05) is 18.9 Å². The number of hydrogen-bond donors (Lipinski definition) is 3. The molecule has 1 saturated heterocycles. The number of nitrogens with one attached hydrogen (secondary N) is 3. The zero-order valence-corrected chi connectivity index (χ0v) is 15.9. The van der Waals surface area contributed by atoms with Crippen LogP contribution in [-0.4, -0.2) is 69.6 Å². The van der Waals surface area contributed by atoms with Gasteiger partial charge in [-0.15, -0.1) is 0 Å². The second-order valence-corrected chi connectivity index (χ2v) is 7.16. The third-order valence-electron chi connectivity index (χ3n) is 5.17. The predicted octanol–water partition coefficient (Wildman–Crippen LogP) is -2.13. The minimum Gasteiger partial charge on any atom is -0.354 e. The fraction of sp³-hybridized carbons (Fsp3) is 0.579. The Labute approximate surface area is 150 Å². The van der Waals surface area contributed by atoms with Crippen LogP contribution in [0, 0.1) is 6.92 Å². The molecular weight excluding hydrogens is 316 g/mol. The second-order valence-electron chi connectivity index (χ2n) is 7.16. The van der Waals surface area contributed by atoms with Crippen LogP contribution in [0.4, 0.5) is 0 Å². The highest BCUT2D eigenvalue weighted by atomic mass is 16.2. The van der Waals surface area contributed by atoms with Gasteiger partial charge in [-0.05, 0) is 13.8 Å². The topological polar surface area (TPSA) is 58.3 Å². The zero-order chi connectivity index (χ0) is 18.4. The molecule has 2 atom stereocenters. The van der Waals surface area contributed by atoms with Gasteiger partial charge < -0.3 is 20.0 Å². The molecule has 6 heteroatoms. The Morgan fingerprint density at radius 3 is 2.60 bits per heavy atom. The first-order valence-corrected chi connectivity index (χ1v) is 9.11. The first-order valence-electron chi connectivity index (χ1n) is 9.11. The van der Waals surface area contributed by atoms with Gasteiger partial charge in [-0.3, -0.25) is 9.59 Å². The number of aryl methyl sites for hydroxylation is 1.